The standard InChI is InChI=1S/C24H17FN4O3.C19H17N3O3/c1-31-23-13-21-20(12-15(23)14-26)22(10-11-27-21)32-19-8-6-18(7-9-19)29-24(30)28-17-4-2-16(25)3-5-17;1-23-8-9-24-19-11-17-16(10-13(19)12-20)18(6-7-22-17)25-15-4-2-14(21)3-5-15/h2-13H,1H3,(H2,28,29,30);2-7,10-11H,8-9,21H2,1H3. The van der Waals surface area contributed by atoms with Crippen LogP contribution in [0.1, 0.15) is 11.1 Å². The molecule has 0 saturated carbocycles. The predicted molar refractivity (Wildman–Crippen MR) is 213 cm³/mol. The van der Waals surface area contributed by atoms with E-state index in [9.17, 15) is 19.7 Å². The second-order valence-electron chi connectivity index (χ2n) is 12.0. The summed E-state index contributed by atoms with van der Waals surface area (Å²) in [6.45, 7) is 0.801. The Bertz CT molecular complexity index is 2590. The maximum atomic E-state index is 13.0. The van der Waals surface area contributed by atoms with E-state index in [-0.39, 0.29) is 5.82 Å². The van der Waals surface area contributed by atoms with Crippen LogP contribution in [0.15, 0.2) is 122 Å². The van der Waals surface area contributed by atoms with Crippen LogP contribution < -0.4 is 35.3 Å². The number of nitriles is 2. The smallest absolute Gasteiger partial charge is 0.323 e. The van der Waals surface area contributed by atoms with Gasteiger partial charge in [0.05, 0.1) is 35.9 Å². The van der Waals surface area contributed by atoms with Crippen LogP contribution in [-0.2, 0) is 4.74 Å². The second kappa shape index (κ2) is 18.4. The number of amides is 2. The number of nitrogen functional groups attached to an aromatic ring is 1. The zero-order chi connectivity index (χ0) is 40.1. The van der Waals surface area contributed by atoms with E-state index in [1.54, 1.807) is 104 Å². The minimum Gasteiger partial charge on any atom is -0.495 e. The summed E-state index contributed by atoms with van der Waals surface area (Å²) in [5.41, 5.74) is 9.49. The Labute approximate surface area is 326 Å². The lowest BCUT2D eigenvalue weighted by molar-refractivity contribution is 0.146. The summed E-state index contributed by atoms with van der Waals surface area (Å²) >= 11 is 0. The molecule has 5 aromatic carbocycles. The third-order valence-corrected chi connectivity index (χ3v) is 8.16. The van der Waals surface area contributed by atoms with Crippen LogP contribution in [0.3, 0.4) is 0 Å². The van der Waals surface area contributed by atoms with Crippen molar-refractivity contribution in [2.75, 3.05) is 43.8 Å². The summed E-state index contributed by atoms with van der Waals surface area (Å²) in [5, 5.41) is 25.5. The first kappa shape index (κ1) is 38.8. The summed E-state index contributed by atoms with van der Waals surface area (Å²) in [4.78, 5) is 20.8. The summed E-state index contributed by atoms with van der Waals surface area (Å²) in [6.07, 6.45) is 3.26. The molecular formula is C43H34FN7O6. The van der Waals surface area contributed by atoms with Crippen molar-refractivity contribution < 1.29 is 32.9 Å². The molecule has 2 heterocycles. The summed E-state index contributed by atoms with van der Waals surface area (Å²) in [5.74, 6) is 2.87. The van der Waals surface area contributed by atoms with Crippen molar-refractivity contribution >= 4 is 44.9 Å². The van der Waals surface area contributed by atoms with Crippen molar-refractivity contribution in [2.45, 2.75) is 0 Å². The molecule has 57 heavy (non-hydrogen) atoms. The Hall–Kier alpha value is -7.94. The highest BCUT2D eigenvalue weighted by Gasteiger charge is 2.13. The van der Waals surface area contributed by atoms with Crippen LogP contribution in [0, 0.1) is 28.5 Å². The Balaban J connectivity index is 0.000000199. The van der Waals surface area contributed by atoms with Crippen LogP contribution in [-0.4, -0.2) is 43.4 Å². The maximum absolute atomic E-state index is 13.0. The molecule has 0 aliphatic heterocycles. The van der Waals surface area contributed by atoms with Gasteiger partial charge in [0, 0.05) is 59.5 Å². The van der Waals surface area contributed by atoms with Gasteiger partial charge in [0.25, 0.3) is 0 Å². The third kappa shape index (κ3) is 9.98. The molecule has 13 nitrogen and oxygen atoms in total. The first-order valence-electron chi connectivity index (χ1n) is 17.2. The van der Waals surface area contributed by atoms with E-state index in [1.165, 1.54) is 31.4 Å². The van der Waals surface area contributed by atoms with Gasteiger partial charge >= 0.3 is 6.03 Å². The van der Waals surface area contributed by atoms with Crippen molar-refractivity contribution in [1.82, 2.24) is 9.97 Å². The van der Waals surface area contributed by atoms with Crippen LogP contribution in [0.5, 0.6) is 34.5 Å². The number of carbonyl (C=O) groups is 1. The van der Waals surface area contributed by atoms with Gasteiger partial charge in [-0.25, -0.2) is 9.18 Å². The molecule has 7 aromatic rings. The zero-order valence-corrected chi connectivity index (χ0v) is 30.7. The Kier molecular flexibility index (Phi) is 12.5. The number of aromatic nitrogens is 2. The normalized spacial score (nSPS) is 10.3. The SMILES string of the molecule is COCCOc1cc2nccc(Oc3ccc(N)cc3)c2cc1C#N.COc1cc2nccc(Oc3ccc(NC(=O)Nc4ccc(F)cc4)cc3)c2cc1C#N. The van der Waals surface area contributed by atoms with Crippen molar-refractivity contribution in [3.63, 3.8) is 0 Å². The number of halogens is 1. The predicted octanol–water partition coefficient (Wildman–Crippen LogP) is 9.20. The molecule has 0 atom stereocenters. The van der Waals surface area contributed by atoms with E-state index in [0.29, 0.717) is 92.3 Å². The van der Waals surface area contributed by atoms with E-state index in [2.05, 4.69) is 32.7 Å². The Morgan fingerprint density at radius 2 is 1.16 bits per heavy atom. The topological polar surface area (TPSA) is 187 Å². The number of benzene rings is 5. The largest absolute Gasteiger partial charge is 0.495 e. The van der Waals surface area contributed by atoms with E-state index in [4.69, 9.17) is 29.4 Å². The van der Waals surface area contributed by atoms with Gasteiger partial charge in [-0.1, -0.05) is 0 Å². The Morgan fingerprint density at radius 3 is 1.67 bits per heavy atom. The minimum atomic E-state index is -0.455. The summed E-state index contributed by atoms with van der Waals surface area (Å²) < 4.78 is 40.7. The number of pyridine rings is 2. The van der Waals surface area contributed by atoms with Gasteiger partial charge in [-0.15, -0.1) is 0 Å². The van der Waals surface area contributed by atoms with Crippen LogP contribution >= 0.6 is 0 Å². The molecule has 0 bridgehead atoms. The van der Waals surface area contributed by atoms with Crippen molar-refractivity contribution in [3.8, 4) is 46.6 Å². The number of ether oxygens (including phenoxy) is 5. The van der Waals surface area contributed by atoms with E-state index in [0.717, 1.165) is 5.39 Å². The molecule has 0 radical (unpaired) electrons. The lowest BCUT2D eigenvalue weighted by atomic mass is 10.1. The molecule has 284 valence electrons. The highest BCUT2D eigenvalue weighted by atomic mass is 19.1. The van der Waals surface area contributed by atoms with Crippen molar-refractivity contribution in [3.05, 3.63) is 139 Å². The molecule has 0 aliphatic carbocycles. The van der Waals surface area contributed by atoms with Gasteiger partial charge < -0.3 is 40.1 Å². The fourth-order valence-corrected chi connectivity index (χ4v) is 5.40. The first-order valence-corrected chi connectivity index (χ1v) is 17.2. The van der Waals surface area contributed by atoms with Gasteiger partial charge in [0.15, 0.2) is 0 Å². The lowest BCUT2D eigenvalue weighted by Crippen LogP contribution is -2.19. The van der Waals surface area contributed by atoms with Crippen molar-refractivity contribution in [1.29, 1.82) is 10.5 Å². The minimum absolute atomic E-state index is 0.359. The van der Waals surface area contributed by atoms with E-state index >= 15 is 0 Å². The number of fused-ring (bicyclic) bond motifs is 2. The van der Waals surface area contributed by atoms with Crippen LogP contribution in [0.2, 0.25) is 0 Å². The number of nitrogens with two attached hydrogens (primary N) is 1. The third-order valence-electron chi connectivity index (χ3n) is 8.16. The molecule has 0 spiro atoms. The highest BCUT2D eigenvalue weighted by molar-refractivity contribution is 5.99. The van der Waals surface area contributed by atoms with E-state index in [1.807, 2.05) is 0 Å². The number of hydrogen-bond acceptors (Lipinski definition) is 11. The lowest BCUT2D eigenvalue weighted by Gasteiger charge is -2.12. The quantitative estimate of drug-likeness (QED) is 0.0842. The zero-order valence-electron chi connectivity index (χ0n) is 30.7. The van der Waals surface area contributed by atoms with Crippen LogP contribution in [0.4, 0.5) is 26.2 Å². The first-order chi connectivity index (χ1) is 27.8. The number of anilines is 3. The number of carbonyl (C=O) groups excluding carboxylic acids is 1. The molecule has 7 rings (SSSR count). The molecule has 14 heteroatoms. The molecule has 0 unspecified atom stereocenters. The highest BCUT2D eigenvalue weighted by Crippen LogP contribution is 2.35. The van der Waals surface area contributed by atoms with E-state index < -0.39 is 6.03 Å². The fourth-order valence-electron chi connectivity index (χ4n) is 5.40. The molecule has 2 aromatic heterocycles. The van der Waals surface area contributed by atoms with Crippen LogP contribution in [0.25, 0.3) is 21.8 Å². The monoisotopic (exact) mass is 763 g/mol. The number of nitrogens with zero attached hydrogens (tertiary/aromatic N) is 4. The molecule has 4 N–H and O–H groups in total. The molecule has 0 aliphatic rings. The van der Waals surface area contributed by atoms with Crippen molar-refractivity contribution in [2.24, 2.45) is 0 Å². The molecule has 0 fully saturated rings. The number of methoxy groups -OCH3 is 2. The Morgan fingerprint density at radius 1 is 0.667 bits per heavy atom. The molecular weight excluding hydrogens is 730 g/mol. The van der Waals surface area contributed by atoms with Gasteiger partial charge in [0.1, 0.15) is 59.1 Å². The average molecular weight is 764 g/mol. The summed E-state index contributed by atoms with van der Waals surface area (Å²) in [7, 11) is 3.09. The van der Waals surface area contributed by atoms with Gasteiger partial charge in [-0.2, -0.15) is 10.5 Å². The molecule has 2 amide bonds. The van der Waals surface area contributed by atoms with Gasteiger partial charge in [0.2, 0.25) is 0 Å². The van der Waals surface area contributed by atoms with Gasteiger partial charge in [-0.3, -0.25) is 9.97 Å². The number of hydrogen-bond donors (Lipinski definition) is 3. The fraction of sp³-hybridized carbons (Fsp3) is 0.0930. The second-order valence-corrected chi connectivity index (χ2v) is 12.0. The van der Waals surface area contributed by atoms with Gasteiger partial charge in [-0.05, 0) is 97.1 Å². The maximum Gasteiger partial charge on any atom is 0.323 e. The summed E-state index contributed by atoms with van der Waals surface area (Å²) in [6, 6.07) is 33.4. The number of urea groups is 1. The number of nitrogens with one attached hydrogen (secondary N) is 2. The molecule has 0 saturated heterocycles. The average Bonchev–Trinajstić information content (AvgIpc) is 3.23. The number of rotatable bonds is 11.